The van der Waals surface area contributed by atoms with Gasteiger partial charge in [-0.2, -0.15) is 0 Å². The minimum atomic E-state index is -0.727. The SMILES string of the molecule is CC(C)(C(=O)O)C1CCCN(Cc2cc(Cl)ccc2Cl)C1. The molecule has 1 aliphatic heterocycles. The van der Waals surface area contributed by atoms with Gasteiger partial charge in [-0.05, 0) is 62.9 Å². The standard InChI is InChI=1S/C16H21Cl2NO2/c1-16(2,15(20)21)12-4-3-7-19(10-12)9-11-8-13(17)5-6-14(11)18/h5-6,8,12H,3-4,7,9-10H2,1-2H3,(H,20,21). The Bertz CT molecular complexity index is 531. The number of aliphatic carboxylic acids is 1. The van der Waals surface area contributed by atoms with Gasteiger partial charge in [-0.25, -0.2) is 0 Å². The van der Waals surface area contributed by atoms with Crippen molar-refractivity contribution in [3.05, 3.63) is 33.8 Å². The van der Waals surface area contributed by atoms with E-state index in [1.165, 1.54) is 0 Å². The average Bonchev–Trinajstić information content (AvgIpc) is 2.43. The Morgan fingerprint density at radius 1 is 1.43 bits per heavy atom. The number of hydrogen-bond acceptors (Lipinski definition) is 2. The van der Waals surface area contributed by atoms with Crippen molar-refractivity contribution in [3.8, 4) is 0 Å². The summed E-state index contributed by atoms with van der Waals surface area (Å²) in [6.07, 6.45) is 1.97. The quantitative estimate of drug-likeness (QED) is 0.894. The normalized spacial score (nSPS) is 20.5. The van der Waals surface area contributed by atoms with Crippen molar-refractivity contribution >= 4 is 29.2 Å². The highest BCUT2D eigenvalue weighted by Crippen LogP contribution is 2.35. The molecule has 1 N–H and O–H groups in total. The Morgan fingerprint density at radius 3 is 2.81 bits per heavy atom. The van der Waals surface area contributed by atoms with E-state index < -0.39 is 11.4 Å². The molecule has 0 aliphatic carbocycles. The van der Waals surface area contributed by atoms with Gasteiger partial charge in [0.15, 0.2) is 0 Å². The first-order valence-corrected chi connectivity index (χ1v) is 7.96. The molecule has 1 fully saturated rings. The van der Waals surface area contributed by atoms with E-state index in [1.54, 1.807) is 6.07 Å². The van der Waals surface area contributed by atoms with E-state index >= 15 is 0 Å². The van der Waals surface area contributed by atoms with Crippen LogP contribution in [-0.4, -0.2) is 29.1 Å². The highest BCUT2D eigenvalue weighted by molar-refractivity contribution is 6.33. The van der Waals surface area contributed by atoms with Crippen molar-refractivity contribution in [1.82, 2.24) is 4.90 Å². The number of nitrogens with zero attached hydrogens (tertiary/aromatic N) is 1. The van der Waals surface area contributed by atoms with E-state index in [2.05, 4.69) is 4.90 Å². The summed E-state index contributed by atoms with van der Waals surface area (Å²) < 4.78 is 0. The predicted octanol–water partition coefficient (Wildman–Crippen LogP) is 4.32. The third kappa shape index (κ3) is 3.91. The van der Waals surface area contributed by atoms with Gasteiger partial charge >= 0.3 is 5.97 Å². The van der Waals surface area contributed by atoms with Gasteiger partial charge in [0, 0.05) is 23.1 Å². The summed E-state index contributed by atoms with van der Waals surface area (Å²) >= 11 is 12.2. The first-order valence-electron chi connectivity index (χ1n) is 7.20. The number of carbonyl (C=O) groups is 1. The molecule has 2 rings (SSSR count). The van der Waals surface area contributed by atoms with Crippen LogP contribution in [0.1, 0.15) is 32.3 Å². The van der Waals surface area contributed by atoms with Gasteiger partial charge in [0.05, 0.1) is 5.41 Å². The van der Waals surface area contributed by atoms with Crippen molar-refractivity contribution in [2.75, 3.05) is 13.1 Å². The second kappa shape index (κ2) is 6.55. The van der Waals surface area contributed by atoms with Crippen LogP contribution >= 0.6 is 23.2 Å². The lowest BCUT2D eigenvalue weighted by molar-refractivity contribution is -0.151. The molecule has 1 heterocycles. The second-order valence-corrected chi connectivity index (χ2v) is 7.18. The first kappa shape index (κ1) is 16.6. The fourth-order valence-corrected chi connectivity index (χ4v) is 3.24. The highest BCUT2D eigenvalue weighted by atomic mass is 35.5. The van der Waals surface area contributed by atoms with Gasteiger partial charge in [-0.1, -0.05) is 23.2 Å². The van der Waals surface area contributed by atoms with Crippen molar-refractivity contribution in [3.63, 3.8) is 0 Å². The number of rotatable bonds is 4. The summed E-state index contributed by atoms with van der Waals surface area (Å²) in [4.78, 5) is 13.7. The zero-order valence-corrected chi connectivity index (χ0v) is 13.9. The van der Waals surface area contributed by atoms with Crippen LogP contribution in [0.3, 0.4) is 0 Å². The summed E-state index contributed by atoms with van der Waals surface area (Å²) in [6.45, 7) is 6.09. The molecule has 0 saturated carbocycles. The van der Waals surface area contributed by atoms with Crippen LogP contribution in [0.25, 0.3) is 0 Å². The van der Waals surface area contributed by atoms with Gasteiger partial charge in [0.1, 0.15) is 0 Å². The summed E-state index contributed by atoms with van der Waals surface area (Å²) in [5, 5.41) is 10.8. The Labute approximate surface area is 135 Å². The molecule has 0 amide bonds. The maximum atomic E-state index is 11.4. The molecule has 116 valence electrons. The molecule has 5 heteroatoms. The molecule has 21 heavy (non-hydrogen) atoms. The maximum Gasteiger partial charge on any atom is 0.309 e. The largest absolute Gasteiger partial charge is 0.481 e. The van der Waals surface area contributed by atoms with Gasteiger partial charge in [-0.3, -0.25) is 9.69 Å². The van der Waals surface area contributed by atoms with Crippen molar-refractivity contribution in [1.29, 1.82) is 0 Å². The van der Waals surface area contributed by atoms with Gasteiger partial charge < -0.3 is 5.11 Å². The van der Waals surface area contributed by atoms with Crippen LogP contribution in [0.5, 0.6) is 0 Å². The zero-order chi connectivity index (χ0) is 15.6. The number of likely N-dealkylation sites (tertiary alicyclic amines) is 1. The van der Waals surface area contributed by atoms with E-state index in [4.69, 9.17) is 23.2 Å². The molecule has 3 nitrogen and oxygen atoms in total. The Balaban J connectivity index is 2.08. The molecule has 0 radical (unpaired) electrons. The second-order valence-electron chi connectivity index (χ2n) is 6.34. The number of piperidine rings is 1. The zero-order valence-electron chi connectivity index (χ0n) is 12.4. The van der Waals surface area contributed by atoms with Gasteiger partial charge in [0.2, 0.25) is 0 Å². The fraction of sp³-hybridized carbons (Fsp3) is 0.562. The Morgan fingerprint density at radius 2 is 2.14 bits per heavy atom. The van der Waals surface area contributed by atoms with Crippen LogP contribution < -0.4 is 0 Å². The van der Waals surface area contributed by atoms with Gasteiger partial charge in [-0.15, -0.1) is 0 Å². The number of benzene rings is 1. The van der Waals surface area contributed by atoms with Crippen LogP contribution in [0.4, 0.5) is 0 Å². The Kier molecular flexibility index (Phi) is 5.18. The molecule has 1 aromatic rings. The lowest BCUT2D eigenvalue weighted by Gasteiger charge is -2.39. The fourth-order valence-electron chi connectivity index (χ4n) is 2.87. The molecular formula is C16H21Cl2NO2. The molecular weight excluding hydrogens is 309 g/mol. The minimum absolute atomic E-state index is 0.154. The maximum absolute atomic E-state index is 11.4. The number of halogens is 2. The van der Waals surface area contributed by atoms with Crippen LogP contribution in [0.15, 0.2) is 18.2 Å². The smallest absolute Gasteiger partial charge is 0.309 e. The molecule has 1 aromatic carbocycles. The monoisotopic (exact) mass is 329 g/mol. The molecule has 1 saturated heterocycles. The van der Waals surface area contributed by atoms with Crippen molar-refractivity contribution in [2.45, 2.75) is 33.2 Å². The molecule has 0 bridgehead atoms. The minimum Gasteiger partial charge on any atom is -0.481 e. The van der Waals surface area contributed by atoms with Crippen molar-refractivity contribution in [2.24, 2.45) is 11.3 Å². The van der Waals surface area contributed by atoms with E-state index in [1.807, 2.05) is 26.0 Å². The third-order valence-electron chi connectivity index (χ3n) is 4.48. The number of hydrogen-bond donors (Lipinski definition) is 1. The third-order valence-corrected chi connectivity index (χ3v) is 5.08. The van der Waals surface area contributed by atoms with E-state index in [0.717, 1.165) is 31.5 Å². The Hall–Kier alpha value is -0.770. The van der Waals surface area contributed by atoms with Gasteiger partial charge in [0.25, 0.3) is 0 Å². The summed E-state index contributed by atoms with van der Waals surface area (Å²) in [7, 11) is 0. The molecule has 1 aliphatic rings. The molecule has 0 spiro atoms. The van der Waals surface area contributed by atoms with Crippen LogP contribution in [0, 0.1) is 11.3 Å². The number of carboxylic acid groups (broad SMARTS) is 1. The van der Waals surface area contributed by atoms with Crippen molar-refractivity contribution < 1.29 is 9.90 Å². The first-order chi connectivity index (χ1) is 9.80. The summed E-state index contributed by atoms with van der Waals surface area (Å²) in [6, 6.07) is 5.47. The lowest BCUT2D eigenvalue weighted by Crippen LogP contribution is -2.44. The average molecular weight is 330 g/mol. The highest BCUT2D eigenvalue weighted by Gasteiger charge is 2.39. The lowest BCUT2D eigenvalue weighted by atomic mass is 9.74. The topological polar surface area (TPSA) is 40.5 Å². The molecule has 1 unspecified atom stereocenters. The predicted molar refractivity (Wildman–Crippen MR) is 85.9 cm³/mol. The number of carboxylic acids is 1. The van der Waals surface area contributed by atoms with E-state index in [-0.39, 0.29) is 5.92 Å². The van der Waals surface area contributed by atoms with E-state index in [9.17, 15) is 9.90 Å². The molecule has 0 aromatic heterocycles. The summed E-state index contributed by atoms with van der Waals surface area (Å²) in [5.41, 5.74) is 0.300. The molecule has 1 atom stereocenters. The van der Waals surface area contributed by atoms with Crippen LogP contribution in [-0.2, 0) is 11.3 Å². The summed E-state index contributed by atoms with van der Waals surface area (Å²) in [5.74, 6) is -0.572. The van der Waals surface area contributed by atoms with Crippen LogP contribution in [0.2, 0.25) is 10.0 Å². The van der Waals surface area contributed by atoms with E-state index in [0.29, 0.717) is 16.6 Å².